The molecule has 0 aliphatic carbocycles. The number of urea groups is 1. The molecule has 3 heterocycles. The molecule has 1 aromatic heterocycles. The van der Waals surface area contributed by atoms with Crippen molar-refractivity contribution in [3.05, 3.63) is 47.9 Å². The van der Waals surface area contributed by atoms with Gasteiger partial charge < -0.3 is 24.0 Å². The Morgan fingerprint density at radius 3 is 2.73 bits per heavy atom. The topological polar surface area (TPSA) is 79.1 Å². The Morgan fingerprint density at radius 1 is 1.23 bits per heavy atom. The first-order valence-electron chi connectivity index (χ1n) is 8.54. The number of hydrogen-bond donors (Lipinski definition) is 0. The number of ether oxygens (including phenoxy) is 1. The number of rotatable bonds is 4. The van der Waals surface area contributed by atoms with E-state index in [2.05, 4.69) is 5.16 Å². The van der Waals surface area contributed by atoms with Gasteiger partial charge >= 0.3 is 6.03 Å². The Bertz CT molecular complexity index is 790. The fraction of sp³-hybridized carbons (Fsp3) is 0.389. The molecule has 1 aromatic carbocycles. The molecular weight excluding hydrogens is 336 g/mol. The van der Waals surface area contributed by atoms with Crippen molar-refractivity contribution in [3.8, 4) is 5.75 Å². The van der Waals surface area contributed by atoms with E-state index in [0.717, 1.165) is 11.3 Å². The maximum Gasteiger partial charge on any atom is 0.320 e. The summed E-state index contributed by atoms with van der Waals surface area (Å²) in [7, 11) is 1.63. The Morgan fingerprint density at radius 2 is 2.04 bits per heavy atom. The molecule has 2 saturated heterocycles. The SMILES string of the molecule is COc1ccc(CN2C[C@H]3CN(C(=O)c4ccno4)CCN3C2=O)cc1. The van der Waals surface area contributed by atoms with Crippen LogP contribution in [0.4, 0.5) is 4.79 Å². The van der Waals surface area contributed by atoms with Gasteiger partial charge in [0.25, 0.3) is 5.91 Å². The zero-order valence-electron chi connectivity index (χ0n) is 14.5. The fourth-order valence-electron chi connectivity index (χ4n) is 3.53. The lowest BCUT2D eigenvalue weighted by Crippen LogP contribution is -2.53. The van der Waals surface area contributed by atoms with E-state index in [1.165, 1.54) is 6.20 Å². The largest absolute Gasteiger partial charge is 0.497 e. The van der Waals surface area contributed by atoms with Crippen molar-refractivity contribution in [1.82, 2.24) is 19.9 Å². The molecule has 26 heavy (non-hydrogen) atoms. The van der Waals surface area contributed by atoms with Gasteiger partial charge in [-0.2, -0.15) is 0 Å². The summed E-state index contributed by atoms with van der Waals surface area (Å²) < 4.78 is 10.1. The maximum atomic E-state index is 12.7. The van der Waals surface area contributed by atoms with E-state index in [-0.39, 0.29) is 23.7 Å². The molecule has 0 radical (unpaired) electrons. The molecule has 2 fully saturated rings. The van der Waals surface area contributed by atoms with Crippen molar-refractivity contribution in [2.75, 3.05) is 33.3 Å². The summed E-state index contributed by atoms with van der Waals surface area (Å²) in [5, 5.41) is 3.58. The molecule has 0 unspecified atom stereocenters. The fourth-order valence-corrected chi connectivity index (χ4v) is 3.53. The molecule has 0 N–H and O–H groups in total. The monoisotopic (exact) mass is 356 g/mol. The van der Waals surface area contributed by atoms with Crippen molar-refractivity contribution in [1.29, 1.82) is 0 Å². The first-order chi connectivity index (χ1) is 12.7. The van der Waals surface area contributed by atoms with Gasteiger partial charge in [-0.1, -0.05) is 17.3 Å². The summed E-state index contributed by atoms with van der Waals surface area (Å²) in [5.74, 6) is 0.849. The van der Waals surface area contributed by atoms with Crippen LogP contribution in [-0.2, 0) is 6.54 Å². The van der Waals surface area contributed by atoms with Crippen molar-refractivity contribution in [2.45, 2.75) is 12.6 Å². The quantitative estimate of drug-likeness (QED) is 0.828. The van der Waals surface area contributed by atoms with Crippen LogP contribution in [-0.4, -0.2) is 71.1 Å². The van der Waals surface area contributed by atoms with Gasteiger partial charge in [-0.25, -0.2) is 4.79 Å². The van der Waals surface area contributed by atoms with Crippen LogP contribution in [0.25, 0.3) is 0 Å². The summed E-state index contributed by atoms with van der Waals surface area (Å²) in [4.78, 5) is 30.5. The minimum atomic E-state index is -0.178. The molecular formula is C18H20N4O4. The molecule has 0 saturated carbocycles. The second-order valence-corrected chi connectivity index (χ2v) is 6.49. The minimum Gasteiger partial charge on any atom is -0.497 e. The van der Waals surface area contributed by atoms with Crippen LogP contribution in [0, 0.1) is 0 Å². The molecule has 8 heteroatoms. The molecule has 1 atom stereocenters. The van der Waals surface area contributed by atoms with Crippen LogP contribution in [0.3, 0.4) is 0 Å². The highest BCUT2D eigenvalue weighted by Crippen LogP contribution is 2.24. The molecule has 2 aliphatic heterocycles. The number of aromatic nitrogens is 1. The summed E-state index contributed by atoms with van der Waals surface area (Å²) >= 11 is 0. The zero-order chi connectivity index (χ0) is 18.1. The van der Waals surface area contributed by atoms with Crippen LogP contribution in [0.5, 0.6) is 5.75 Å². The number of nitrogens with zero attached hydrogens (tertiary/aromatic N) is 4. The third kappa shape index (κ3) is 2.98. The number of carbonyl (C=O) groups is 2. The lowest BCUT2D eigenvalue weighted by atomic mass is 10.1. The van der Waals surface area contributed by atoms with Crippen LogP contribution in [0.15, 0.2) is 41.1 Å². The highest BCUT2D eigenvalue weighted by Gasteiger charge is 2.41. The lowest BCUT2D eigenvalue weighted by molar-refractivity contribution is 0.0577. The smallest absolute Gasteiger partial charge is 0.320 e. The van der Waals surface area contributed by atoms with E-state index >= 15 is 0 Å². The first kappa shape index (κ1) is 16.4. The molecule has 3 amide bonds. The van der Waals surface area contributed by atoms with E-state index in [1.807, 2.05) is 34.1 Å². The van der Waals surface area contributed by atoms with Crippen molar-refractivity contribution < 1.29 is 18.8 Å². The van der Waals surface area contributed by atoms with Gasteiger partial charge in [-0.3, -0.25) is 4.79 Å². The molecule has 0 spiro atoms. The zero-order valence-corrected chi connectivity index (χ0v) is 14.5. The Labute approximate surface area is 150 Å². The van der Waals surface area contributed by atoms with Crippen LogP contribution >= 0.6 is 0 Å². The highest BCUT2D eigenvalue weighted by molar-refractivity contribution is 5.91. The van der Waals surface area contributed by atoms with Gasteiger partial charge in [0.15, 0.2) is 0 Å². The minimum absolute atomic E-state index is 0.00127. The summed E-state index contributed by atoms with van der Waals surface area (Å²) in [6.45, 7) is 2.68. The van der Waals surface area contributed by atoms with Crippen LogP contribution < -0.4 is 4.74 Å². The summed E-state index contributed by atoms with van der Waals surface area (Å²) in [6, 6.07) is 9.29. The van der Waals surface area contributed by atoms with Crippen LogP contribution in [0.1, 0.15) is 16.1 Å². The number of benzene rings is 1. The Kier molecular flexibility index (Phi) is 4.24. The van der Waals surface area contributed by atoms with Gasteiger partial charge in [0.2, 0.25) is 5.76 Å². The molecule has 2 aromatic rings. The Hall–Kier alpha value is -3.03. The van der Waals surface area contributed by atoms with E-state index in [1.54, 1.807) is 18.1 Å². The molecule has 0 bridgehead atoms. The first-order valence-corrected chi connectivity index (χ1v) is 8.54. The maximum absolute atomic E-state index is 12.7. The normalized spacial score (nSPS) is 19.7. The van der Waals surface area contributed by atoms with Gasteiger partial charge in [0.05, 0.1) is 19.3 Å². The van der Waals surface area contributed by atoms with Gasteiger partial charge in [0.1, 0.15) is 5.75 Å². The molecule has 8 nitrogen and oxygen atoms in total. The number of methoxy groups -OCH3 is 1. The second-order valence-electron chi connectivity index (χ2n) is 6.49. The molecule has 136 valence electrons. The average Bonchev–Trinajstić information content (AvgIpc) is 3.31. The van der Waals surface area contributed by atoms with Crippen LogP contribution in [0.2, 0.25) is 0 Å². The van der Waals surface area contributed by atoms with E-state index in [9.17, 15) is 9.59 Å². The number of fused-ring (bicyclic) bond motifs is 1. The number of hydrogen-bond acceptors (Lipinski definition) is 5. The molecule has 4 rings (SSSR count). The van der Waals surface area contributed by atoms with Crippen molar-refractivity contribution >= 4 is 11.9 Å². The highest BCUT2D eigenvalue weighted by atomic mass is 16.5. The van der Waals surface area contributed by atoms with Gasteiger partial charge in [0, 0.05) is 38.8 Å². The summed E-state index contributed by atoms with van der Waals surface area (Å²) in [5.41, 5.74) is 1.05. The summed E-state index contributed by atoms with van der Waals surface area (Å²) in [6.07, 6.45) is 1.46. The predicted octanol–water partition coefficient (Wildman–Crippen LogP) is 1.45. The Balaban J connectivity index is 1.41. The predicted molar refractivity (Wildman–Crippen MR) is 91.7 cm³/mol. The second kappa shape index (κ2) is 6.70. The number of amides is 3. The lowest BCUT2D eigenvalue weighted by Gasteiger charge is -2.35. The average molecular weight is 356 g/mol. The number of piperazine rings is 1. The van der Waals surface area contributed by atoms with Crippen molar-refractivity contribution in [3.63, 3.8) is 0 Å². The standard InChI is InChI=1S/C18H20N4O4/c1-25-15-4-2-13(3-5-15)10-21-12-14-11-20(8-9-22(14)18(21)24)17(23)16-6-7-19-26-16/h2-7,14H,8-12H2,1H3/t14-/m1/s1. The third-order valence-corrected chi connectivity index (χ3v) is 4.90. The van der Waals surface area contributed by atoms with E-state index in [4.69, 9.17) is 9.26 Å². The number of carbonyl (C=O) groups excluding carboxylic acids is 2. The van der Waals surface area contributed by atoms with Crippen molar-refractivity contribution in [2.24, 2.45) is 0 Å². The van der Waals surface area contributed by atoms with Gasteiger partial charge in [-0.15, -0.1) is 0 Å². The van der Waals surface area contributed by atoms with Gasteiger partial charge in [-0.05, 0) is 17.7 Å². The van der Waals surface area contributed by atoms with E-state index in [0.29, 0.717) is 32.7 Å². The van der Waals surface area contributed by atoms with E-state index < -0.39 is 0 Å². The molecule has 2 aliphatic rings. The third-order valence-electron chi connectivity index (χ3n) is 4.90.